The average molecular weight is 209 g/mol. The summed E-state index contributed by atoms with van der Waals surface area (Å²) in [5.74, 6) is 0.281. The second-order valence-corrected chi connectivity index (χ2v) is 3.62. The first-order chi connectivity index (χ1) is 7.26. The fourth-order valence-corrected chi connectivity index (χ4v) is 1.53. The number of nitrogens with zero attached hydrogens (tertiary/aromatic N) is 1. The normalized spacial score (nSPS) is 10.9. The SMILES string of the molecule is CCN(CC)CCC(=O)Cc1ccoc1. The Morgan fingerprint density at radius 2 is 2.13 bits per heavy atom. The van der Waals surface area contributed by atoms with Crippen molar-refractivity contribution in [2.45, 2.75) is 26.7 Å². The minimum absolute atomic E-state index is 0.281. The molecule has 0 aromatic carbocycles. The first-order valence-electron chi connectivity index (χ1n) is 5.51. The zero-order chi connectivity index (χ0) is 11.1. The van der Waals surface area contributed by atoms with Gasteiger partial charge in [0.25, 0.3) is 0 Å². The van der Waals surface area contributed by atoms with Crippen LogP contribution in [0.3, 0.4) is 0 Å². The number of hydrogen-bond donors (Lipinski definition) is 0. The van der Waals surface area contributed by atoms with Crippen molar-refractivity contribution >= 4 is 5.78 Å². The molecule has 0 aliphatic carbocycles. The van der Waals surface area contributed by atoms with Gasteiger partial charge in [-0.1, -0.05) is 13.8 Å². The van der Waals surface area contributed by atoms with Crippen LogP contribution in [0, 0.1) is 0 Å². The highest BCUT2D eigenvalue weighted by atomic mass is 16.3. The molecule has 0 amide bonds. The molecule has 0 bridgehead atoms. The van der Waals surface area contributed by atoms with E-state index in [0.29, 0.717) is 12.8 Å². The van der Waals surface area contributed by atoms with Gasteiger partial charge < -0.3 is 9.32 Å². The Hall–Kier alpha value is -1.09. The summed E-state index contributed by atoms with van der Waals surface area (Å²) in [6.07, 6.45) is 4.37. The summed E-state index contributed by atoms with van der Waals surface area (Å²) in [7, 11) is 0. The van der Waals surface area contributed by atoms with Crippen LogP contribution < -0.4 is 0 Å². The van der Waals surface area contributed by atoms with Crippen molar-refractivity contribution in [2.75, 3.05) is 19.6 Å². The molecule has 0 unspecified atom stereocenters. The molecular formula is C12H19NO2. The highest BCUT2D eigenvalue weighted by molar-refractivity contribution is 5.80. The van der Waals surface area contributed by atoms with Crippen LogP contribution in [-0.2, 0) is 11.2 Å². The van der Waals surface area contributed by atoms with Crippen molar-refractivity contribution in [1.29, 1.82) is 0 Å². The van der Waals surface area contributed by atoms with Crippen LogP contribution >= 0.6 is 0 Å². The predicted molar refractivity (Wildman–Crippen MR) is 59.8 cm³/mol. The van der Waals surface area contributed by atoms with Crippen LogP contribution in [0.25, 0.3) is 0 Å². The molecule has 0 spiro atoms. The summed E-state index contributed by atoms with van der Waals surface area (Å²) < 4.78 is 4.92. The molecule has 0 saturated carbocycles. The lowest BCUT2D eigenvalue weighted by atomic mass is 10.1. The lowest BCUT2D eigenvalue weighted by molar-refractivity contribution is -0.118. The number of Topliss-reactive ketones (excluding diaryl/α,β-unsaturated/α-hetero) is 1. The van der Waals surface area contributed by atoms with E-state index in [9.17, 15) is 4.79 Å². The topological polar surface area (TPSA) is 33.5 Å². The van der Waals surface area contributed by atoms with Crippen LogP contribution in [-0.4, -0.2) is 30.3 Å². The molecule has 1 aromatic rings. The minimum Gasteiger partial charge on any atom is -0.472 e. The first kappa shape index (κ1) is 12.0. The summed E-state index contributed by atoms with van der Waals surface area (Å²) in [4.78, 5) is 13.8. The van der Waals surface area contributed by atoms with Crippen LogP contribution in [0.5, 0.6) is 0 Å². The standard InChI is InChI=1S/C12H19NO2/c1-3-13(4-2)7-5-12(14)9-11-6-8-15-10-11/h6,8,10H,3-5,7,9H2,1-2H3. The third-order valence-corrected chi connectivity index (χ3v) is 2.58. The van der Waals surface area contributed by atoms with Gasteiger partial charge in [-0.3, -0.25) is 4.79 Å². The maximum Gasteiger partial charge on any atom is 0.138 e. The second kappa shape index (κ2) is 6.40. The monoisotopic (exact) mass is 209 g/mol. The molecule has 0 saturated heterocycles. The molecular weight excluding hydrogens is 190 g/mol. The average Bonchev–Trinajstić information content (AvgIpc) is 2.72. The van der Waals surface area contributed by atoms with Gasteiger partial charge in [-0.25, -0.2) is 0 Å². The van der Waals surface area contributed by atoms with E-state index in [1.807, 2.05) is 6.07 Å². The zero-order valence-corrected chi connectivity index (χ0v) is 9.53. The Labute approximate surface area is 91.1 Å². The van der Waals surface area contributed by atoms with Crippen LogP contribution in [0.15, 0.2) is 23.0 Å². The van der Waals surface area contributed by atoms with Gasteiger partial charge in [-0.2, -0.15) is 0 Å². The molecule has 3 nitrogen and oxygen atoms in total. The molecule has 0 N–H and O–H groups in total. The quantitative estimate of drug-likeness (QED) is 0.689. The molecule has 0 aliphatic rings. The van der Waals surface area contributed by atoms with Gasteiger partial charge in [0.05, 0.1) is 12.5 Å². The van der Waals surface area contributed by atoms with Crippen LogP contribution in [0.2, 0.25) is 0 Å². The molecule has 0 aliphatic heterocycles. The van der Waals surface area contributed by atoms with Gasteiger partial charge in [0.15, 0.2) is 0 Å². The summed E-state index contributed by atoms with van der Waals surface area (Å²) in [6.45, 7) is 7.11. The predicted octanol–water partition coefficient (Wildman–Crippen LogP) is 2.12. The third kappa shape index (κ3) is 4.30. The molecule has 0 fully saturated rings. The number of carbonyl (C=O) groups excluding carboxylic acids is 1. The first-order valence-corrected chi connectivity index (χ1v) is 5.51. The van der Waals surface area contributed by atoms with Crippen LogP contribution in [0.1, 0.15) is 25.8 Å². The lowest BCUT2D eigenvalue weighted by Crippen LogP contribution is -2.26. The largest absolute Gasteiger partial charge is 0.472 e. The summed E-state index contributed by atoms with van der Waals surface area (Å²) in [6, 6.07) is 1.84. The van der Waals surface area contributed by atoms with Gasteiger partial charge >= 0.3 is 0 Å². The van der Waals surface area contributed by atoms with Gasteiger partial charge in [0, 0.05) is 19.4 Å². The zero-order valence-electron chi connectivity index (χ0n) is 9.53. The molecule has 1 aromatic heterocycles. The van der Waals surface area contributed by atoms with E-state index >= 15 is 0 Å². The molecule has 0 radical (unpaired) electrons. The van der Waals surface area contributed by atoms with E-state index in [2.05, 4.69) is 18.7 Å². The van der Waals surface area contributed by atoms with E-state index < -0.39 is 0 Å². The van der Waals surface area contributed by atoms with E-state index in [0.717, 1.165) is 25.2 Å². The molecule has 1 heterocycles. The van der Waals surface area contributed by atoms with Crippen molar-refractivity contribution in [3.05, 3.63) is 24.2 Å². The Balaban J connectivity index is 2.24. The van der Waals surface area contributed by atoms with Gasteiger partial charge in [0.2, 0.25) is 0 Å². The highest BCUT2D eigenvalue weighted by Crippen LogP contribution is 2.03. The maximum atomic E-state index is 11.6. The van der Waals surface area contributed by atoms with E-state index in [1.165, 1.54) is 0 Å². The molecule has 84 valence electrons. The van der Waals surface area contributed by atoms with Crippen molar-refractivity contribution in [3.8, 4) is 0 Å². The van der Waals surface area contributed by atoms with Crippen molar-refractivity contribution in [1.82, 2.24) is 4.90 Å². The molecule has 3 heteroatoms. The maximum absolute atomic E-state index is 11.6. The fraction of sp³-hybridized carbons (Fsp3) is 0.583. The molecule has 15 heavy (non-hydrogen) atoms. The summed E-state index contributed by atoms with van der Waals surface area (Å²) >= 11 is 0. The van der Waals surface area contributed by atoms with E-state index in [1.54, 1.807) is 12.5 Å². The number of rotatable bonds is 7. The van der Waals surface area contributed by atoms with Gasteiger partial charge in [-0.15, -0.1) is 0 Å². The number of carbonyl (C=O) groups is 1. The molecule has 0 atom stereocenters. The second-order valence-electron chi connectivity index (χ2n) is 3.62. The number of ketones is 1. The van der Waals surface area contributed by atoms with Crippen molar-refractivity contribution in [2.24, 2.45) is 0 Å². The number of hydrogen-bond acceptors (Lipinski definition) is 3. The Kier molecular flexibility index (Phi) is 5.12. The minimum atomic E-state index is 0.281. The Morgan fingerprint density at radius 1 is 1.40 bits per heavy atom. The highest BCUT2D eigenvalue weighted by Gasteiger charge is 2.06. The molecule has 1 rings (SSSR count). The van der Waals surface area contributed by atoms with Crippen LogP contribution in [0.4, 0.5) is 0 Å². The smallest absolute Gasteiger partial charge is 0.138 e. The number of furan rings is 1. The lowest BCUT2D eigenvalue weighted by Gasteiger charge is -2.16. The third-order valence-electron chi connectivity index (χ3n) is 2.58. The fourth-order valence-electron chi connectivity index (χ4n) is 1.53. The Morgan fingerprint density at radius 3 is 2.67 bits per heavy atom. The van der Waals surface area contributed by atoms with Crippen molar-refractivity contribution < 1.29 is 9.21 Å². The van der Waals surface area contributed by atoms with E-state index in [4.69, 9.17) is 4.42 Å². The van der Waals surface area contributed by atoms with Gasteiger partial charge in [0.1, 0.15) is 5.78 Å². The Bertz CT molecular complexity index is 276. The van der Waals surface area contributed by atoms with Crippen molar-refractivity contribution in [3.63, 3.8) is 0 Å². The van der Waals surface area contributed by atoms with Gasteiger partial charge in [-0.05, 0) is 24.7 Å². The summed E-state index contributed by atoms with van der Waals surface area (Å²) in [5, 5.41) is 0. The summed E-state index contributed by atoms with van der Waals surface area (Å²) in [5.41, 5.74) is 0.972. The van der Waals surface area contributed by atoms with E-state index in [-0.39, 0.29) is 5.78 Å².